The van der Waals surface area contributed by atoms with Gasteiger partial charge in [-0.2, -0.15) is 0 Å². The van der Waals surface area contributed by atoms with Crippen LogP contribution in [0.3, 0.4) is 0 Å². The third kappa shape index (κ3) is 5.02. The number of hydrogen-bond acceptors (Lipinski definition) is 3. The lowest BCUT2D eigenvalue weighted by atomic mass is 9.84. The summed E-state index contributed by atoms with van der Waals surface area (Å²) in [6.07, 6.45) is 17.0. The molecular weight excluding hydrogens is 645 g/mol. The topological polar surface area (TPSA) is 47.1 Å². The molecule has 0 bridgehead atoms. The summed E-state index contributed by atoms with van der Waals surface area (Å²) in [5.74, 6) is 1.91. The predicted molar refractivity (Wildman–Crippen MR) is 221 cm³/mol. The van der Waals surface area contributed by atoms with Crippen LogP contribution in [0.5, 0.6) is 0 Å². The van der Waals surface area contributed by atoms with Crippen LogP contribution in [0.15, 0.2) is 188 Å². The summed E-state index contributed by atoms with van der Waals surface area (Å²) in [6.45, 7) is 4.43. The molecule has 2 aliphatic carbocycles. The average Bonchev–Trinajstić information content (AvgIpc) is 3.73. The van der Waals surface area contributed by atoms with Gasteiger partial charge in [-0.25, -0.2) is 4.98 Å². The van der Waals surface area contributed by atoms with Crippen LogP contribution in [0, 0.1) is 5.92 Å². The first-order valence-electron chi connectivity index (χ1n) is 18.4. The highest BCUT2D eigenvalue weighted by Gasteiger charge is 2.44. The van der Waals surface area contributed by atoms with Gasteiger partial charge in [0.2, 0.25) is 0 Å². The van der Waals surface area contributed by atoms with Gasteiger partial charge in [-0.3, -0.25) is 4.57 Å². The molecular formula is C49H38N4. The second kappa shape index (κ2) is 12.5. The lowest BCUT2D eigenvalue weighted by molar-refractivity contribution is 0.396. The molecule has 2 N–H and O–H groups in total. The zero-order chi connectivity index (χ0) is 35.5. The molecule has 53 heavy (non-hydrogen) atoms. The van der Waals surface area contributed by atoms with Crippen molar-refractivity contribution >= 4 is 43.7 Å². The molecule has 10 rings (SSSR count). The number of aromatic nitrogens is 2. The van der Waals surface area contributed by atoms with Crippen molar-refractivity contribution in [2.45, 2.75) is 18.9 Å². The Morgan fingerprint density at radius 1 is 0.717 bits per heavy atom. The van der Waals surface area contributed by atoms with E-state index in [-0.39, 0.29) is 12.0 Å². The van der Waals surface area contributed by atoms with Gasteiger partial charge in [0, 0.05) is 28.1 Å². The second-order valence-electron chi connectivity index (χ2n) is 14.1. The van der Waals surface area contributed by atoms with Crippen LogP contribution in [0.2, 0.25) is 0 Å². The molecule has 3 aliphatic rings. The molecule has 254 valence electrons. The van der Waals surface area contributed by atoms with E-state index in [1.54, 1.807) is 0 Å². The summed E-state index contributed by atoms with van der Waals surface area (Å²) in [7, 11) is 0. The maximum Gasteiger partial charge on any atom is 0.138 e. The van der Waals surface area contributed by atoms with Gasteiger partial charge in [0.25, 0.3) is 0 Å². The Morgan fingerprint density at radius 3 is 2.28 bits per heavy atom. The van der Waals surface area contributed by atoms with Crippen LogP contribution >= 0.6 is 0 Å². The van der Waals surface area contributed by atoms with Crippen molar-refractivity contribution in [1.29, 1.82) is 0 Å². The highest BCUT2D eigenvalue weighted by atomic mass is 15.3. The summed E-state index contributed by atoms with van der Waals surface area (Å²) >= 11 is 0. The molecule has 0 amide bonds. The zero-order valence-electron chi connectivity index (χ0n) is 29.4. The number of benzene rings is 5. The Balaban J connectivity index is 1.08. The number of fused-ring (bicyclic) bond motifs is 8. The molecule has 0 radical (unpaired) electrons. The van der Waals surface area contributed by atoms with Gasteiger partial charge in [0.15, 0.2) is 0 Å². The van der Waals surface area contributed by atoms with E-state index in [1.807, 2.05) is 12.2 Å². The molecule has 3 heterocycles. The molecule has 5 aromatic carbocycles. The largest absolute Gasteiger partial charge is 0.385 e. The number of nitrogens with zero attached hydrogens (tertiary/aromatic N) is 3. The highest BCUT2D eigenvalue weighted by molar-refractivity contribution is 5.99. The summed E-state index contributed by atoms with van der Waals surface area (Å²) in [4.78, 5) is 7.74. The maximum absolute atomic E-state index is 7.15. The molecule has 2 unspecified atom stereocenters. The number of nitrogens with two attached hydrogens (primary N) is 1. The lowest BCUT2D eigenvalue weighted by Gasteiger charge is -2.31. The van der Waals surface area contributed by atoms with E-state index in [0.29, 0.717) is 5.82 Å². The van der Waals surface area contributed by atoms with Crippen molar-refractivity contribution in [2.75, 3.05) is 0 Å². The van der Waals surface area contributed by atoms with Gasteiger partial charge in [-0.05, 0) is 75.4 Å². The molecule has 0 saturated heterocycles. The Morgan fingerprint density at radius 2 is 1.42 bits per heavy atom. The Bertz CT molecular complexity index is 2780. The minimum Gasteiger partial charge on any atom is -0.385 e. The normalized spacial score (nSPS) is 18.0. The minimum absolute atomic E-state index is 0.108. The van der Waals surface area contributed by atoms with Crippen LogP contribution < -0.4 is 5.73 Å². The fourth-order valence-corrected chi connectivity index (χ4v) is 8.89. The standard InChI is InChI=1S/C49H38N4/c1-32(35-23-11-17-33-15-2-4-19-36(33)35)14-10-28-46(50)53-43-26-8-6-21-39(43)40-30-31-45-48(49(40)53)41-22-7-9-27-44(41)52(45)47-29-13-25-42(51-47)38-24-12-18-34-16-3-5-20-37(34)38/h2-29,39,43H,1,30-31,50H2/b14-10-,46-28+. The monoisotopic (exact) mass is 682 g/mol. The SMILES string of the molecule is C=C(/C=C\C=C(/N)N1C2=C(CCc3c2c2ccccc2n3-c2cccc(-c3cccc4ccccc34)n2)C2C=CC=CC21)c1cccc2ccccc12. The predicted octanol–water partition coefficient (Wildman–Crippen LogP) is 11.2. The van der Waals surface area contributed by atoms with E-state index in [4.69, 9.17) is 10.7 Å². The molecule has 2 atom stereocenters. The average molecular weight is 683 g/mol. The summed E-state index contributed by atoms with van der Waals surface area (Å²) < 4.78 is 2.39. The number of allylic oxidation sites excluding steroid dienone is 6. The highest BCUT2D eigenvalue weighted by Crippen LogP contribution is 2.51. The van der Waals surface area contributed by atoms with Crippen molar-refractivity contribution in [1.82, 2.24) is 14.5 Å². The fourth-order valence-electron chi connectivity index (χ4n) is 8.89. The van der Waals surface area contributed by atoms with Gasteiger partial charge in [0.1, 0.15) is 11.6 Å². The Kier molecular flexibility index (Phi) is 7.36. The van der Waals surface area contributed by atoms with E-state index in [1.165, 1.54) is 49.5 Å². The van der Waals surface area contributed by atoms with Crippen LogP contribution in [-0.2, 0) is 6.42 Å². The molecule has 4 nitrogen and oxygen atoms in total. The van der Waals surface area contributed by atoms with Crippen molar-refractivity contribution in [2.24, 2.45) is 11.7 Å². The smallest absolute Gasteiger partial charge is 0.138 e. The molecule has 0 fully saturated rings. The quantitative estimate of drug-likeness (QED) is 0.178. The number of para-hydroxylation sites is 1. The van der Waals surface area contributed by atoms with Gasteiger partial charge >= 0.3 is 0 Å². The Labute approximate surface area is 309 Å². The fraction of sp³-hybridized carbons (Fsp3) is 0.0816. The third-order valence-electron chi connectivity index (χ3n) is 11.2. The number of rotatable bonds is 6. The third-order valence-corrected chi connectivity index (χ3v) is 11.2. The van der Waals surface area contributed by atoms with Crippen molar-refractivity contribution in [3.8, 4) is 17.1 Å². The van der Waals surface area contributed by atoms with E-state index in [9.17, 15) is 0 Å². The molecule has 0 saturated carbocycles. The van der Waals surface area contributed by atoms with Crippen molar-refractivity contribution < 1.29 is 0 Å². The molecule has 4 heteroatoms. The summed E-state index contributed by atoms with van der Waals surface area (Å²) in [6, 6.07) is 45.1. The van der Waals surface area contributed by atoms with E-state index in [2.05, 4.69) is 174 Å². The lowest BCUT2D eigenvalue weighted by Crippen LogP contribution is -2.35. The second-order valence-corrected chi connectivity index (χ2v) is 14.1. The van der Waals surface area contributed by atoms with Crippen LogP contribution in [0.1, 0.15) is 23.2 Å². The number of pyridine rings is 1. The molecule has 2 aromatic heterocycles. The van der Waals surface area contributed by atoms with Crippen LogP contribution in [-0.4, -0.2) is 20.5 Å². The van der Waals surface area contributed by atoms with E-state index < -0.39 is 0 Å². The maximum atomic E-state index is 7.15. The van der Waals surface area contributed by atoms with Crippen LogP contribution in [0.4, 0.5) is 0 Å². The van der Waals surface area contributed by atoms with E-state index >= 15 is 0 Å². The first-order chi connectivity index (χ1) is 26.2. The van der Waals surface area contributed by atoms with Crippen molar-refractivity contribution in [3.05, 3.63) is 205 Å². The molecule has 7 aromatic rings. The van der Waals surface area contributed by atoms with E-state index in [0.717, 1.165) is 46.6 Å². The van der Waals surface area contributed by atoms with Gasteiger partial charge in [-0.1, -0.05) is 152 Å². The first kappa shape index (κ1) is 31.1. The van der Waals surface area contributed by atoms with Gasteiger partial charge in [0.05, 0.1) is 22.9 Å². The Hall–Kier alpha value is -6.65. The summed E-state index contributed by atoms with van der Waals surface area (Å²) in [5, 5.41) is 6.04. The molecule has 0 spiro atoms. The van der Waals surface area contributed by atoms with Crippen LogP contribution in [0.25, 0.3) is 60.8 Å². The summed E-state index contributed by atoms with van der Waals surface area (Å²) in [5.41, 5.74) is 17.7. The van der Waals surface area contributed by atoms with Gasteiger partial charge in [-0.15, -0.1) is 0 Å². The minimum atomic E-state index is 0.108. The van der Waals surface area contributed by atoms with Gasteiger partial charge < -0.3 is 10.6 Å². The first-order valence-corrected chi connectivity index (χ1v) is 18.4. The van der Waals surface area contributed by atoms with Crippen molar-refractivity contribution in [3.63, 3.8) is 0 Å². The zero-order valence-corrected chi connectivity index (χ0v) is 29.4. The number of hydrogen-bond donors (Lipinski definition) is 1. The molecule has 1 aliphatic heterocycles.